The van der Waals surface area contributed by atoms with Gasteiger partial charge >= 0.3 is 0 Å². The van der Waals surface area contributed by atoms with Gasteiger partial charge in [0, 0.05) is 23.0 Å². The average Bonchev–Trinajstić information content (AvgIpc) is 2.94. The van der Waals surface area contributed by atoms with Crippen LogP contribution in [0.5, 0.6) is 0 Å². The number of hydrogen-bond donors (Lipinski definition) is 2. The summed E-state index contributed by atoms with van der Waals surface area (Å²) in [7, 11) is 0. The second-order valence-electron chi connectivity index (χ2n) is 6.56. The van der Waals surface area contributed by atoms with E-state index in [1.54, 1.807) is 0 Å². The molecule has 1 aromatic heterocycles. The molecule has 2 N–H and O–H groups in total. The van der Waals surface area contributed by atoms with E-state index in [1.807, 2.05) is 42.6 Å². The molecule has 3 heteroatoms. The summed E-state index contributed by atoms with van der Waals surface area (Å²) in [5.74, 6) is -0.0972. The Morgan fingerprint density at radius 3 is 2.41 bits per heavy atom. The quantitative estimate of drug-likeness (QED) is 0.705. The molecule has 1 amide bonds. The Hall–Kier alpha value is -2.55. The van der Waals surface area contributed by atoms with Crippen molar-refractivity contribution in [2.75, 3.05) is 5.32 Å². The zero-order chi connectivity index (χ0) is 15.7. The third kappa shape index (κ3) is 2.89. The highest BCUT2D eigenvalue weighted by Gasteiger charge is 2.13. The van der Waals surface area contributed by atoms with E-state index in [4.69, 9.17) is 0 Å². The maximum atomic E-state index is 12.3. The summed E-state index contributed by atoms with van der Waals surface area (Å²) in [4.78, 5) is 15.5. The zero-order valence-electron chi connectivity index (χ0n) is 13.1. The summed E-state index contributed by atoms with van der Waals surface area (Å²) in [5, 5.41) is 4.04. The molecule has 112 valence electrons. The number of H-pyrrole nitrogens is 1. The lowest BCUT2D eigenvalue weighted by molar-refractivity contribution is 0.102. The van der Waals surface area contributed by atoms with Crippen LogP contribution in [0.4, 0.5) is 5.69 Å². The summed E-state index contributed by atoms with van der Waals surface area (Å²) in [6, 6.07) is 15.7. The van der Waals surface area contributed by atoms with Crippen molar-refractivity contribution in [1.82, 2.24) is 4.98 Å². The Bertz CT molecular complexity index is 807. The molecule has 0 atom stereocenters. The summed E-state index contributed by atoms with van der Waals surface area (Å²) in [6.45, 7) is 6.52. The molecule has 0 aliphatic rings. The van der Waals surface area contributed by atoms with Crippen molar-refractivity contribution in [3.8, 4) is 0 Å². The van der Waals surface area contributed by atoms with Crippen LogP contribution in [0.1, 0.15) is 36.7 Å². The van der Waals surface area contributed by atoms with E-state index in [0.29, 0.717) is 5.56 Å². The van der Waals surface area contributed by atoms with E-state index in [9.17, 15) is 4.79 Å². The second-order valence-corrected chi connectivity index (χ2v) is 6.56. The molecule has 0 spiro atoms. The summed E-state index contributed by atoms with van der Waals surface area (Å²) >= 11 is 0. The van der Waals surface area contributed by atoms with Gasteiger partial charge in [0.2, 0.25) is 0 Å². The molecule has 0 aliphatic carbocycles. The number of rotatable bonds is 2. The fraction of sp³-hybridized carbons (Fsp3) is 0.211. The van der Waals surface area contributed by atoms with Gasteiger partial charge in [-0.2, -0.15) is 0 Å². The molecule has 0 saturated heterocycles. The van der Waals surface area contributed by atoms with E-state index in [2.05, 4.69) is 43.2 Å². The molecular weight excluding hydrogens is 272 g/mol. The van der Waals surface area contributed by atoms with Crippen molar-refractivity contribution < 1.29 is 4.79 Å². The minimum Gasteiger partial charge on any atom is -0.361 e. The first kappa shape index (κ1) is 14.4. The summed E-state index contributed by atoms with van der Waals surface area (Å²) in [6.07, 6.45) is 1.87. The van der Waals surface area contributed by atoms with Gasteiger partial charge in [-0.25, -0.2) is 0 Å². The number of fused-ring (bicyclic) bond motifs is 1. The summed E-state index contributed by atoms with van der Waals surface area (Å²) in [5.41, 5.74) is 3.79. The Labute approximate surface area is 130 Å². The van der Waals surface area contributed by atoms with Crippen molar-refractivity contribution in [2.45, 2.75) is 26.2 Å². The maximum Gasteiger partial charge on any atom is 0.255 e. The second kappa shape index (κ2) is 5.34. The minimum absolute atomic E-state index is 0.0972. The first-order valence-electron chi connectivity index (χ1n) is 7.42. The van der Waals surface area contributed by atoms with Crippen molar-refractivity contribution in [3.05, 3.63) is 65.9 Å². The first-order chi connectivity index (χ1) is 10.4. The van der Waals surface area contributed by atoms with Gasteiger partial charge in [0.05, 0.1) is 0 Å². The van der Waals surface area contributed by atoms with Crippen LogP contribution in [0, 0.1) is 0 Å². The summed E-state index contributed by atoms with van der Waals surface area (Å²) < 4.78 is 0. The molecule has 1 heterocycles. The topological polar surface area (TPSA) is 44.9 Å². The fourth-order valence-electron chi connectivity index (χ4n) is 2.45. The average molecular weight is 292 g/mol. The van der Waals surface area contributed by atoms with Crippen molar-refractivity contribution >= 4 is 22.5 Å². The standard InChI is InChI=1S/C19H20N2O/c1-19(2,3)15-6-8-16(9-7-15)21-18(22)14-5-4-13-10-11-20-17(13)12-14/h4-12,20H,1-3H3,(H,21,22). The molecule has 3 rings (SSSR count). The van der Waals surface area contributed by atoms with Crippen molar-refractivity contribution in [1.29, 1.82) is 0 Å². The smallest absolute Gasteiger partial charge is 0.255 e. The maximum absolute atomic E-state index is 12.3. The van der Waals surface area contributed by atoms with E-state index in [-0.39, 0.29) is 11.3 Å². The van der Waals surface area contributed by atoms with Gasteiger partial charge in [-0.1, -0.05) is 39.0 Å². The van der Waals surface area contributed by atoms with Crippen LogP contribution in [0.25, 0.3) is 10.9 Å². The molecule has 0 fully saturated rings. The number of carbonyl (C=O) groups excluding carboxylic acids is 1. The number of anilines is 1. The Kier molecular flexibility index (Phi) is 3.49. The first-order valence-corrected chi connectivity index (χ1v) is 7.42. The Balaban J connectivity index is 1.78. The van der Waals surface area contributed by atoms with E-state index in [0.717, 1.165) is 16.6 Å². The van der Waals surface area contributed by atoms with Gasteiger partial charge in [0.1, 0.15) is 0 Å². The highest BCUT2D eigenvalue weighted by Crippen LogP contribution is 2.24. The van der Waals surface area contributed by atoms with E-state index in [1.165, 1.54) is 5.56 Å². The van der Waals surface area contributed by atoms with Crippen molar-refractivity contribution in [3.63, 3.8) is 0 Å². The highest BCUT2D eigenvalue weighted by atomic mass is 16.1. The van der Waals surface area contributed by atoms with Gasteiger partial charge < -0.3 is 10.3 Å². The molecular formula is C19H20N2O. The van der Waals surface area contributed by atoms with Crippen molar-refractivity contribution in [2.24, 2.45) is 0 Å². The number of benzene rings is 2. The third-order valence-electron chi connectivity index (χ3n) is 3.83. The number of hydrogen-bond acceptors (Lipinski definition) is 1. The predicted molar refractivity (Wildman–Crippen MR) is 91.4 cm³/mol. The van der Waals surface area contributed by atoms with Gasteiger partial charge in [0.15, 0.2) is 0 Å². The van der Waals surface area contributed by atoms with Crippen LogP contribution in [-0.2, 0) is 5.41 Å². The van der Waals surface area contributed by atoms with Crippen LogP contribution in [0.2, 0.25) is 0 Å². The van der Waals surface area contributed by atoms with Crippen LogP contribution in [0.3, 0.4) is 0 Å². The fourth-order valence-corrected chi connectivity index (χ4v) is 2.45. The van der Waals surface area contributed by atoms with Crippen LogP contribution in [0.15, 0.2) is 54.7 Å². The SMILES string of the molecule is CC(C)(C)c1ccc(NC(=O)c2ccc3cc[nH]c3c2)cc1. The van der Waals surface area contributed by atoms with E-state index < -0.39 is 0 Å². The predicted octanol–water partition coefficient (Wildman–Crippen LogP) is 4.72. The molecule has 0 radical (unpaired) electrons. The zero-order valence-corrected chi connectivity index (χ0v) is 13.1. The Morgan fingerprint density at radius 1 is 1.00 bits per heavy atom. The van der Waals surface area contributed by atoms with Gasteiger partial charge in [0.25, 0.3) is 5.91 Å². The number of carbonyl (C=O) groups is 1. The highest BCUT2D eigenvalue weighted by molar-refractivity contribution is 6.06. The van der Waals surface area contributed by atoms with Gasteiger partial charge in [-0.15, -0.1) is 0 Å². The largest absolute Gasteiger partial charge is 0.361 e. The third-order valence-corrected chi connectivity index (χ3v) is 3.83. The lowest BCUT2D eigenvalue weighted by Gasteiger charge is -2.19. The van der Waals surface area contributed by atoms with Crippen LogP contribution >= 0.6 is 0 Å². The number of nitrogens with one attached hydrogen (secondary N) is 2. The van der Waals surface area contributed by atoms with E-state index >= 15 is 0 Å². The van der Waals surface area contributed by atoms with Crippen LogP contribution in [-0.4, -0.2) is 10.9 Å². The molecule has 0 bridgehead atoms. The monoisotopic (exact) mass is 292 g/mol. The lowest BCUT2D eigenvalue weighted by Crippen LogP contribution is -2.13. The molecule has 3 aromatic rings. The Morgan fingerprint density at radius 2 is 1.73 bits per heavy atom. The molecule has 0 unspecified atom stereocenters. The van der Waals surface area contributed by atoms with Gasteiger partial charge in [-0.3, -0.25) is 4.79 Å². The lowest BCUT2D eigenvalue weighted by atomic mass is 9.87. The molecule has 3 nitrogen and oxygen atoms in total. The normalized spacial score (nSPS) is 11.6. The molecule has 0 saturated carbocycles. The number of aromatic nitrogens is 1. The molecule has 2 aromatic carbocycles. The molecule has 0 aliphatic heterocycles. The number of amides is 1. The van der Waals surface area contributed by atoms with Gasteiger partial charge in [-0.05, 0) is 46.7 Å². The molecule has 22 heavy (non-hydrogen) atoms. The van der Waals surface area contributed by atoms with Crippen LogP contribution < -0.4 is 5.32 Å². The minimum atomic E-state index is -0.0972. The number of aromatic amines is 1.